The molecule has 0 bridgehead atoms. The van der Waals surface area contributed by atoms with Gasteiger partial charge in [0.05, 0.1) is 12.2 Å². The molecule has 0 aromatic carbocycles. The van der Waals surface area contributed by atoms with E-state index in [1.807, 2.05) is 0 Å². The Kier molecular flexibility index (Phi) is 6.39. The highest BCUT2D eigenvalue weighted by Crippen LogP contribution is 2.13. The van der Waals surface area contributed by atoms with Gasteiger partial charge >= 0.3 is 0 Å². The van der Waals surface area contributed by atoms with Crippen molar-refractivity contribution in [3.8, 4) is 0 Å². The first-order valence-corrected chi connectivity index (χ1v) is 4.65. The van der Waals surface area contributed by atoms with E-state index in [9.17, 15) is 0 Å². The van der Waals surface area contributed by atoms with E-state index in [1.165, 1.54) is 0 Å². The van der Waals surface area contributed by atoms with Crippen molar-refractivity contribution in [3.05, 3.63) is 0 Å². The molecule has 0 aliphatic heterocycles. The molecule has 0 spiro atoms. The molecule has 0 fully saturated rings. The van der Waals surface area contributed by atoms with Crippen LogP contribution in [0, 0.1) is 5.92 Å². The molecule has 0 saturated heterocycles. The van der Waals surface area contributed by atoms with E-state index < -0.39 is 0 Å². The molecule has 0 amide bonds. The molecule has 2 nitrogen and oxygen atoms in total. The smallest absolute Gasteiger partial charge is 0.0598 e. The lowest BCUT2D eigenvalue weighted by molar-refractivity contribution is 0.0210. The van der Waals surface area contributed by atoms with E-state index in [2.05, 4.69) is 20.8 Å². The summed E-state index contributed by atoms with van der Waals surface area (Å²) < 4.78 is 10.5. The highest BCUT2D eigenvalue weighted by Gasteiger charge is 2.13. The molecule has 0 saturated carbocycles. The van der Waals surface area contributed by atoms with Gasteiger partial charge in [-0.1, -0.05) is 13.8 Å². The Morgan fingerprint density at radius 3 is 1.83 bits per heavy atom. The predicted octanol–water partition coefficient (Wildman–Crippen LogP) is 2.47. The normalized spacial score (nSPS) is 16.5. The molecular weight excluding hydrogens is 152 g/mol. The summed E-state index contributed by atoms with van der Waals surface area (Å²) in [6, 6.07) is 0. The third-order valence-corrected chi connectivity index (χ3v) is 2.06. The summed E-state index contributed by atoms with van der Waals surface area (Å²) in [5.41, 5.74) is 0. The maximum absolute atomic E-state index is 5.35. The minimum atomic E-state index is 0.300. The molecule has 2 unspecified atom stereocenters. The molecule has 0 aliphatic carbocycles. The summed E-state index contributed by atoms with van der Waals surface area (Å²) in [6.07, 6.45) is 2.75. The lowest BCUT2D eigenvalue weighted by Crippen LogP contribution is -2.20. The SMILES string of the molecule is COC(C)CC(CC(C)C)OC. The molecule has 0 N–H and O–H groups in total. The van der Waals surface area contributed by atoms with Crippen molar-refractivity contribution in [2.75, 3.05) is 14.2 Å². The van der Waals surface area contributed by atoms with Crippen molar-refractivity contribution in [3.63, 3.8) is 0 Å². The molecule has 0 aromatic heterocycles. The van der Waals surface area contributed by atoms with Crippen LogP contribution in [0.1, 0.15) is 33.6 Å². The zero-order valence-electron chi connectivity index (χ0n) is 8.96. The molecule has 0 heterocycles. The minimum Gasteiger partial charge on any atom is -0.382 e. The second-order valence-corrected chi connectivity index (χ2v) is 3.77. The summed E-state index contributed by atoms with van der Waals surface area (Å²) in [5, 5.41) is 0. The maximum Gasteiger partial charge on any atom is 0.0598 e. The zero-order chi connectivity index (χ0) is 9.56. The quantitative estimate of drug-likeness (QED) is 0.616. The molecule has 0 aliphatic rings. The Labute approximate surface area is 76.3 Å². The molecule has 2 atom stereocenters. The first-order valence-electron chi connectivity index (χ1n) is 4.65. The Bertz CT molecular complexity index is 102. The van der Waals surface area contributed by atoms with Gasteiger partial charge in [0, 0.05) is 14.2 Å². The van der Waals surface area contributed by atoms with Crippen molar-refractivity contribution >= 4 is 0 Å². The highest BCUT2D eigenvalue weighted by atomic mass is 16.5. The van der Waals surface area contributed by atoms with Gasteiger partial charge in [-0.25, -0.2) is 0 Å². The standard InChI is InChI=1S/C10H22O2/c1-8(2)6-10(12-5)7-9(3)11-4/h8-10H,6-7H2,1-5H3. The van der Waals surface area contributed by atoms with Crippen molar-refractivity contribution in [1.29, 1.82) is 0 Å². The summed E-state index contributed by atoms with van der Waals surface area (Å²) in [6.45, 7) is 6.50. The minimum absolute atomic E-state index is 0.300. The largest absolute Gasteiger partial charge is 0.382 e. The van der Waals surface area contributed by atoms with E-state index in [1.54, 1.807) is 14.2 Å². The Morgan fingerprint density at radius 2 is 1.50 bits per heavy atom. The van der Waals surface area contributed by atoms with Crippen LogP contribution in [0.4, 0.5) is 0 Å². The monoisotopic (exact) mass is 174 g/mol. The first-order chi connectivity index (χ1) is 5.60. The second-order valence-electron chi connectivity index (χ2n) is 3.77. The van der Waals surface area contributed by atoms with Gasteiger partial charge in [0.25, 0.3) is 0 Å². The number of hydrogen-bond donors (Lipinski definition) is 0. The van der Waals surface area contributed by atoms with Crippen LogP contribution in [0.3, 0.4) is 0 Å². The van der Waals surface area contributed by atoms with Crippen LogP contribution in [0.25, 0.3) is 0 Å². The average molecular weight is 174 g/mol. The lowest BCUT2D eigenvalue weighted by atomic mass is 10.0. The van der Waals surface area contributed by atoms with E-state index >= 15 is 0 Å². The fourth-order valence-electron chi connectivity index (χ4n) is 1.28. The summed E-state index contributed by atoms with van der Waals surface area (Å²) in [4.78, 5) is 0. The van der Waals surface area contributed by atoms with Crippen LogP contribution >= 0.6 is 0 Å². The summed E-state index contributed by atoms with van der Waals surface area (Å²) in [7, 11) is 3.52. The topological polar surface area (TPSA) is 18.5 Å². The van der Waals surface area contributed by atoms with E-state index in [0.29, 0.717) is 18.1 Å². The average Bonchev–Trinajstić information content (AvgIpc) is 2.02. The van der Waals surface area contributed by atoms with Crippen LogP contribution < -0.4 is 0 Å². The summed E-state index contributed by atoms with van der Waals surface area (Å²) >= 11 is 0. The summed E-state index contributed by atoms with van der Waals surface area (Å²) in [5.74, 6) is 0.694. The fraction of sp³-hybridized carbons (Fsp3) is 1.00. The van der Waals surface area contributed by atoms with Crippen molar-refractivity contribution in [2.45, 2.75) is 45.8 Å². The third kappa shape index (κ3) is 5.56. The molecule has 0 aromatic rings. The fourth-order valence-corrected chi connectivity index (χ4v) is 1.28. The second kappa shape index (κ2) is 6.44. The van der Waals surface area contributed by atoms with Gasteiger partial charge in [0.1, 0.15) is 0 Å². The van der Waals surface area contributed by atoms with E-state index in [-0.39, 0.29) is 0 Å². The Balaban J connectivity index is 3.66. The van der Waals surface area contributed by atoms with Gasteiger partial charge in [0.2, 0.25) is 0 Å². The van der Waals surface area contributed by atoms with Gasteiger partial charge < -0.3 is 9.47 Å². The number of ether oxygens (including phenoxy) is 2. The van der Waals surface area contributed by atoms with Crippen molar-refractivity contribution < 1.29 is 9.47 Å². The van der Waals surface area contributed by atoms with Crippen LogP contribution in [0.15, 0.2) is 0 Å². The van der Waals surface area contributed by atoms with Gasteiger partial charge in [0.15, 0.2) is 0 Å². The van der Waals surface area contributed by atoms with E-state index in [4.69, 9.17) is 9.47 Å². The molecule has 74 valence electrons. The van der Waals surface area contributed by atoms with Gasteiger partial charge in [-0.3, -0.25) is 0 Å². The van der Waals surface area contributed by atoms with Crippen LogP contribution in [0.2, 0.25) is 0 Å². The lowest BCUT2D eigenvalue weighted by Gasteiger charge is -2.20. The van der Waals surface area contributed by atoms with Gasteiger partial charge in [-0.2, -0.15) is 0 Å². The predicted molar refractivity (Wildman–Crippen MR) is 51.3 cm³/mol. The van der Waals surface area contributed by atoms with Gasteiger partial charge in [-0.15, -0.1) is 0 Å². The van der Waals surface area contributed by atoms with Crippen molar-refractivity contribution in [2.24, 2.45) is 5.92 Å². The van der Waals surface area contributed by atoms with Crippen molar-refractivity contribution in [1.82, 2.24) is 0 Å². The molecule has 0 rings (SSSR count). The number of methoxy groups -OCH3 is 2. The molecular formula is C10H22O2. The van der Waals surface area contributed by atoms with Gasteiger partial charge in [-0.05, 0) is 25.7 Å². The Hall–Kier alpha value is -0.0800. The number of hydrogen-bond acceptors (Lipinski definition) is 2. The maximum atomic E-state index is 5.35. The molecule has 2 heteroatoms. The Morgan fingerprint density at radius 1 is 0.917 bits per heavy atom. The third-order valence-electron chi connectivity index (χ3n) is 2.06. The number of rotatable bonds is 6. The van der Waals surface area contributed by atoms with E-state index in [0.717, 1.165) is 12.8 Å². The molecule has 12 heavy (non-hydrogen) atoms. The highest BCUT2D eigenvalue weighted by molar-refractivity contribution is 4.64. The van der Waals surface area contributed by atoms with Crippen LogP contribution in [-0.4, -0.2) is 26.4 Å². The van der Waals surface area contributed by atoms with Crippen LogP contribution in [-0.2, 0) is 9.47 Å². The van der Waals surface area contributed by atoms with Crippen LogP contribution in [0.5, 0.6) is 0 Å². The molecule has 0 radical (unpaired) electrons. The first kappa shape index (κ1) is 11.9. The zero-order valence-corrected chi connectivity index (χ0v) is 8.96.